The lowest BCUT2D eigenvalue weighted by Gasteiger charge is -2.50. The molecule has 1 saturated heterocycles. The molecule has 0 N–H and O–H groups in total. The number of nitrogens with zero attached hydrogens (tertiary/aromatic N) is 2. The van der Waals surface area contributed by atoms with E-state index in [2.05, 4.69) is 15.9 Å². The number of carbonyl (C=O) groups excluding carboxylic acids is 3. The van der Waals surface area contributed by atoms with E-state index in [0.717, 1.165) is 26.2 Å². The van der Waals surface area contributed by atoms with E-state index in [-0.39, 0.29) is 5.91 Å². The standard InChI is InChI=1S/C26H21BrN2O4/c1-3-33-18-11-8-16(9-12-18)22-23(26(32)28(22)17-10-13-21(27)15(2)14-17)29-24(30)19-6-4-5-7-20(19)25(29)31/h4-14,22-23H,3H2,1-2H3. The predicted octanol–water partition coefficient (Wildman–Crippen LogP) is 4.91. The van der Waals surface area contributed by atoms with Gasteiger partial charge < -0.3 is 9.64 Å². The molecule has 3 aromatic rings. The first-order valence-corrected chi connectivity index (χ1v) is 11.5. The number of rotatable bonds is 5. The molecule has 2 aliphatic heterocycles. The molecule has 1 fully saturated rings. The highest BCUT2D eigenvalue weighted by atomic mass is 79.9. The second kappa shape index (κ2) is 8.15. The van der Waals surface area contributed by atoms with Crippen molar-refractivity contribution in [2.24, 2.45) is 0 Å². The number of aryl methyl sites for hydroxylation is 1. The van der Waals surface area contributed by atoms with E-state index in [0.29, 0.717) is 23.4 Å². The van der Waals surface area contributed by atoms with Crippen LogP contribution in [0.4, 0.5) is 5.69 Å². The maximum Gasteiger partial charge on any atom is 0.262 e. The Morgan fingerprint density at radius 2 is 1.48 bits per heavy atom. The predicted molar refractivity (Wildman–Crippen MR) is 127 cm³/mol. The van der Waals surface area contributed by atoms with E-state index in [1.54, 1.807) is 29.2 Å². The van der Waals surface area contributed by atoms with E-state index in [1.165, 1.54) is 0 Å². The number of hydrogen-bond donors (Lipinski definition) is 0. The molecule has 2 aliphatic rings. The number of ether oxygens (including phenoxy) is 1. The Labute approximate surface area is 199 Å². The molecule has 0 radical (unpaired) electrons. The van der Waals surface area contributed by atoms with Gasteiger partial charge in [0.25, 0.3) is 17.7 Å². The fourth-order valence-electron chi connectivity index (χ4n) is 4.51. The smallest absolute Gasteiger partial charge is 0.262 e. The van der Waals surface area contributed by atoms with Crippen LogP contribution in [0.1, 0.15) is 44.8 Å². The van der Waals surface area contributed by atoms with Gasteiger partial charge in [0.1, 0.15) is 11.8 Å². The van der Waals surface area contributed by atoms with Crippen LogP contribution in [0.3, 0.4) is 0 Å². The molecule has 166 valence electrons. The minimum Gasteiger partial charge on any atom is -0.494 e. The lowest BCUT2D eigenvalue weighted by atomic mass is 9.86. The summed E-state index contributed by atoms with van der Waals surface area (Å²) >= 11 is 3.50. The Bertz CT molecular complexity index is 1250. The van der Waals surface area contributed by atoms with Gasteiger partial charge in [-0.25, -0.2) is 0 Å². The summed E-state index contributed by atoms with van der Waals surface area (Å²) in [6, 6.07) is 18.4. The van der Waals surface area contributed by atoms with Gasteiger partial charge in [0.05, 0.1) is 23.8 Å². The molecule has 2 unspecified atom stereocenters. The van der Waals surface area contributed by atoms with Crippen LogP contribution in [-0.4, -0.2) is 35.3 Å². The van der Waals surface area contributed by atoms with Crippen molar-refractivity contribution in [3.63, 3.8) is 0 Å². The zero-order valence-electron chi connectivity index (χ0n) is 18.1. The molecule has 2 heterocycles. The molecule has 0 bridgehead atoms. The van der Waals surface area contributed by atoms with E-state index in [9.17, 15) is 14.4 Å². The van der Waals surface area contributed by atoms with Gasteiger partial charge in [-0.15, -0.1) is 0 Å². The molecule has 0 aliphatic carbocycles. The normalized spacial score (nSPS) is 19.5. The molecule has 3 aromatic carbocycles. The number of anilines is 1. The molecular weight excluding hydrogens is 484 g/mol. The van der Waals surface area contributed by atoms with E-state index in [4.69, 9.17) is 4.74 Å². The third kappa shape index (κ3) is 3.35. The zero-order chi connectivity index (χ0) is 23.3. The van der Waals surface area contributed by atoms with Crippen molar-refractivity contribution in [3.8, 4) is 5.75 Å². The molecule has 3 amide bonds. The largest absolute Gasteiger partial charge is 0.494 e. The summed E-state index contributed by atoms with van der Waals surface area (Å²) in [5.41, 5.74) is 3.18. The average molecular weight is 505 g/mol. The molecule has 0 spiro atoms. The Morgan fingerprint density at radius 1 is 0.848 bits per heavy atom. The molecule has 2 atom stereocenters. The molecular formula is C26H21BrN2O4. The van der Waals surface area contributed by atoms with Gasteiger partial charge in [-0.3, -0.25) is 19.3 Å². The number of fused-ring (bicyclic) bond motifs is 1. The minimum absolute atomic E-state index is 0.287. The fraction of sp³-hybridized carbons (Fsp3) is 0.192. The van der Waals surface area contributed by atoms with E-state index >= 15 is 0 Å². The SMILES string of the molecule is CCOc1ccc(C2C(N3C(=O)c4ccccc4C3=O)C(=O)N2c2ccc(Br)c(C)c2)cc1. The maximum absolute atomic E-state index is 13.5. The Kier molecular flexibility index (Phi) is 5.29. The van der Waals surface area contributed by atoms with Crippen LogP contribution in [0, 0.1) is 6.92 Å². The number of β-lactam (4-membered cyclic amide) rings is 1. The van der Waals surface area contributed by atoms with Gasteiger partial charge in [-0.2, -0.15) is 0 Å². The molecule has 0 aromatic heterocycles. The van der Waals surface area contributed by atoms with Gasteiger partial charge in [0.15, 0.2) is 0 Å². The lowest BCUT2D eigenvalue weighted by Crippen LogP contribution is -2.67. The Balaban J connectivity index is 1.57. The highest BCUT2D eigenvalue weighted by molar-refractivity contribution is 9.10. The van der Waals surface area contributed by atoms with E-state index in [1.807, 2.05) is 56.3 Å². The summed E-state index contributed by atoms with van der Waals surface area (Å²) in [4.78, 5) is 42.6. The number of amides is 3. The summed E-state index contributed by atoms with van der Waals surface area (Å²) in [6.07, 6.45) is 0. The van der Waals surface area contributed by atoms with Gasteiger partial charge in [-0.05, 0) is 67.4 Å². The lowest BCUT2D eigenvalue weighted by molar-refractivity contribution is -0.130. The minimum atomic E-state index is -0.917. The van der Waals surface area contributed by atoms with Crippen LogP contribution in [0.2, 0.25) is 0 Å². The monoisotopic (exact) mass is 504 g/mol. The molecule has 6 nitrogen and oxygen atoms in total. The average Bonchev–Trinajstić information content (AvgIpc) is 3.06. The van der Waals surface area contributed by atoms with Crippen LogP contribution in [-0.2, 0) is 4.79 Å². The van der Waals surface area contributed by atoms with Gasteiger partial charge in [0.2, 0.25) is 0 Å². The summed E-state index contributed by atoms with van der Waals surface area (Å²) in [5.74, 6) is -0.437. The quantitative estimate of drug-likeness (QED) is 0.365. The number of carbonyl (C=O) groups is 3. The number of imide groups is 1. The van der Waals surface area contributed by atoms with Crippen molar-refractivity contribution >= 4 is 39.3 Å². The first-order valence-electron chi connectivity index (χ1n) is 10.7. The van der Waals surface area contributed by atoms with Crippen LogP contribution >= 0.6 is 15.9 Å². The zero-order valence-corrected chi connectivity index (χ0v) is 19.7. The first-order chi connectivity index (χ1) is 15.9. The third-order valence-corrected chi connectivity index (χ3v) is 7.01. The summed E-state index contributed by atoms with van der Waals surface area (Å²) in [7, 11) is 0. The van der Waals surface area contributed by atoms with Crippen LogP contribution in [0.5, 0.6) is 5.75 Å². The number of halogens is 1. The van der Waals surface area contributed by atoms with E-state index < -0.39 is 23.9 Å². The van der Waals surface area contributed by atoms with Crippen molar-refractivity contribution in [2.75, 3.05) is 11.5 Å². The number of hydrogen-bond acceptors (Lipinski definition) is 4. The Morgan fingerprint density at radius 3 is 2.06 bits per heavy atom. The summed E-state index contributed by atoms with van der Waals surface area (Å²) in [5, 5.41) is 0. The van der Waals surface area contributed by atoms with Gasteiger partial charge >= 0.3 is 0 Å². The third-order valence-electron chi connectivity index (χ3n) is 6.12. The second-order valence-electron chi connectivity index (χ2n) is 8.06. The number of benzene rings is 3. The molecule has 7 heteroatoms. The Hall–Kier alpha value is -3.45. The molecule has 0 saturated carbocycles. The summed E-state index contributed by atoms with van der Waals surface area (Å²) < 4.78 is 6.49. The summed E-state index contributed by atoms with van der Waals surface area (Å²) in [6.45, 7) is 4.41. The molecule has 33 heavy (non-hydrogen) atoms. The highest BCUT2D eigenvalue weighted by Gasteiger charge is 2.57. The first kappa shape index (κ1) is 21.4. The van der Waals surface area contributed by atoms with Crippen LogP contribution < -0.4 is 9.64 Å². The van der Waals surface area contributed by atoms with Gasteiger partial charge in [0, 0.05) is 10.2 Å². The fourth-order valence-corrected chi connectivity index (χ4v) is 4.76. The van der Waals surface area contributed by atoms with Gasteiger partial charge in [-0.1, -0.05) is 40.2 Å². The van der Waals surface area contributed by atoms with Crippen molar-refractivity contribution in [3.05, 3.63) is 93.5 Å². The van der Waals surface area contributed by atoms with Crippen molar-refractivity contribution in [1.29, 1.82) is 0 Å². The molecule has 5 rings (SSSR count). The topological polar surface area (TPSA) is 66.9 Å². The highest BCUT2D eigenvalue weighted by Crippen LogP contribution is 2.45. The van der Waals surface area contributed by atoms with Crippen molar-refractivity contribution < 1.29 is 19.1 Å². The maximum atomic E-state index is 13.5. The van der Waals surface area contributed by atoms with Crippen LogP contribution in [0.15, 0.2) is 71.2 Å². The van der Waals surface area contributed by atoms with Crippen molar-refractivity contribution in [2.45, 2.75) is 25.9 Å². The van der Waals surface area contributed by atoms with Crippen molar-refractivity contribution in [1.82, 2.24) is 4.90 Å². The second-order valence-corrected chi connectivity index (χ2v) is 8.91. The van der Waals surface area contributed by atoms with Crippen LogP contribution in [0.25, 0.3) is 0 Å².